The first-order valence-corrected chi connectivity index (χ1v) is 7.92. The molecule has 112 valence electrons. The minimum absolute atomic E-state index is 0.0101. The van der Waals surface area contributed by atoms with Crippen molar-refractivity contribution in [2.75, 3.05) is 7.11 Å². The van der Waals surface area contributed by atoms with E-state index in [2.05, 4.69) is 15.9 Å². The zero-order chi connectivity index (χ0) is 15.4. The van der Waals surface area contributed by atoms with Gasteiger partial charge in [0, 0.05) is 10.9 Å². The van der Waals surface area contributed by atoms with E-state index in [1.54, 1.807) is 18.2 Å². The molecule has 0 aliphatic rings. The van der Waals surface area contributed by atoms with Gasteiger partial charge in [-0.2, -0.15) is 0 Å². The van der Waals surface area contributed by atoms with Gasteiger partial charge < -0.3 is 9.47 Å². The summed E-state index contributed by atoms with van der Waals surface area (Å²) in [5.41, 5.74) is 1.31. The molecule has 0 heterocycles. The first-order valence-electron chi connectivity index (χ1n) is 6.05. The number of methoxy groups -OCH3 is 1. The van der Waals surface area contributed by atoms with E-state index in [1.807, 2.05) is 6.07 Å². The Morgan fingerprint density at radius 3 is 2.62 bits per heavy atom. The number of benzene rings is 2. The molecule has 0 fully saturated rings. The minimum Gasteiger partial charge on any atom is -0.493 e. The van der Waals surface area contributed by atoms with Crippen LogP contribution in [0.3, 0.4) is 0 Å². The Morgan fingerprint density at radius 1 is 1.19 bits per heavy atom. The highest BCUT2D eigenvalue weighted by Gasteiger charge is 2.14. The van der Waals surface area contributed by atoms with Gasteiger partial charge in [-0.15, -0.1) is 0 Å². The maximum absolute atomic E-state index is 13.8. The molecule has 0 saturated carbocycles. The molecule has 0 bridgehead atoms. The number of rotatable bonds is 5. The van der Waals surface area contributed by atoms with Crippen LogP contribution in [0, 0.1) is 5.82 Å². The van der Waals surface area contributed by atoms with E-state index in [9.17, 15) is 4.39 Å². The average Bonchev–Trinajstić information content (AvgIpc) is 2.49. The lowest BCUT2D eigenvalue weighted by molar-refractivity contribution is 0.280. The molecule has 0 unspecified atom stereocenters. The molecule has 0 radical (unpaired) electrons. The van der Waals surface area contributed by atoms with Gasteiger partial charge in [-0.25, -0.2) is 4.39 Å². The van der Waals surface area contributed by atoms with Crippen molar-refractivity contribution in [3.63, 3.8) is 0 Å². The summed E-state index contributed by atoms with van der Waals surface area (Å²) in [4.78, 5) is 0. The van der Waals surface area contributed by atoms with Gasteiger partial charge in [0.2, 0.25) is 0 Å². The van der Waals surface area contributed by atoms with Crippen LogP contribution in [-0.2, 0) is 11.9 Å². The third kappa shape index (κ3) is 3.82. The molecule has 0 amide bonds. The van der Waals surface area contributed by atoms with E-state index in [1.165, 1.54) is 13.2 Å². The van der Waals surface area contributed by atoms with Crippen molar-refractivity contribution in [3.8, 4) is 11.5 Å². The van der Waals surface area contributed by atoms with Crippen molar-refractivity contribution >= 4 is 39.1 Å². The molecule has 0 saturated heterocycles. The summed E-state index contributed by atoms with van der Waals surface area (Å²) in [6.07, 6.45) is 0. The van der Waals surface area contributed by atoms with Crippen LogP contribution in [0.15, 0.2) is 30.3 Å². The molecule has 2 rings (SSSR count). The van der Waals surface area contributed by atoms with Gasteiger partial charge in [-0.05, 0) is 23.8 Å². The average molecular weight is 394 g/mol. The van der Waals surface area contributed by atoms with Gasteiger partial charge in [-0.3, -0.25) is 0 Å². The smallest absolute Gasteiger partial charge is 0.180 e. The Labute approximate surface area is 140 Å². The van der Waals surface area contributed by atoms with Gasteiger partial charge in [0.1, 0.15) is 12.4 Å². The van der Waals surface area contributed by atoms with Crippen LogP contribution in [0.2, 0.25) is 10.0 Å². The first kappa shape index (κ1) is 16.4. The Bertz CT molecular complexity index is 650. The SMILES string of the molecule is COc1cc(CBr)cc(Cl)c1OCc1cccc(Cl)c1F. The van der Waals surface area contributed by atoms with Crippen LogP contribution in [0.1, 0.15) is 11.1 Å². The third-order valence-corrected chi connectivity index (χ3v) is 4.07. The highest BCUT2D eigenvalue weighted by molar-refractivity contribution is 9.08. The minimum atomic E-state index is -0.494. The van der Waals surface area contributed by atoms with E-state index in [0.717, 1.165) is 5.56 Å². The molecule has 0 aliphatic carbocycles. The van der Waals surface area contributed by atoms with Gasteiger partial charge in [0.25, 0.3) is 0 Å². The van der Waals surface area contributed by atoms with E-state index in [-0.39, 0.29) is 11.6 Å². The van der Waals surface area contributed by atoms with E-state index < -0.39 is 5.82 Å². The Hall–Kier alpha value is -0.970. The van der Waals surface area contributed by atoms with Gasteiger partial charge in [0.05, 0.1) is 17.2 Å². The van der Waals surface area contributed by atoms with Gasteiger partial charge in [0.15, 0.2) is 11.5 Å². The van der Waals surface area contributed by atoms with Crippen molar-refractivity contribution in [2.24, 2.45) is 0 Å². The van der Waals surface area contributed by atoms with Crippen LogP contribution in [0.4, 0.5) is 4.39 Å². The summed E-state index contributed by atoms with van der Waals surface area (Å²) in [5.74, 6) is 0.383. The van der Waals surface area contributed by atoms with Crippen molar-refractivity contribution in [1.82, 2.24) is 0 Å². The van der Waals surface area contributed by atoms with Crippen molar-refractivity contribution in [1.29, 1.82) is 0 Å². The normalized spacial score (nSPS) is 10.5. The molecule has 6 heteroatoms. The molecule has 0 atom stereocenters. The summed E-state index contributed by atoms with van der Waals surface area (Å²) in [6, 6.07) is 8.33. The zero-order valence-corrected chi connectivity index (χ0v) is 14.2. The lowest BCUT2D eigenvalue weighted by atomic mass is 10.2. The van der Waals surface area contributed by atoms with Crippen LogP contribution in [0.5, 0.6) is 11.5 Å². The topological polar surface area (TPSA) is 18.5 Å². The highest BCUT2D eigenvalue weighted by atomic mass is 79.9. The second kappa shape index (κ2) is 7.34. The largest absolute Gasteiger partial charge is 0.493 e. The molecule has 2 aromatic carbocycles. The number of hydrogen-bond donors (Lipinski definition) is 0. The lowest BCUT2D eigenvalue weighted by Crippen LogP contribution is -2.01. The fraction of sp³-hybridized carbons (Fsp3) is 0.200. The zero-order valence-electron chi connectivity index (χ0n) is 11.1. The van der Waals surface area contributed by atoms with Crippen LogP contribution >= 0.6 is 39.1 Å². The van der Waals surface area contributed by atoms with Crippen LogP contribution < -0.4 is 9.47 Å². The molecular weight excluding hydrogens is 382 g/mol. The molecule has 0 spiro atoms. The van der Waals surface area contributed by atoms with E-state index in [0.29, 0.717) is 27.4 Å². The molecule has 0 N–H and O–H groups in total. The molecule has 0 aromatic heterocycles. The second-order valence-electron chi connectivity index (χ2n) is 4.24. The fourth-order valence-electron chi connectivity index (χ4n) is 1.80. The summed E-state index contributed by atoms with van der Waals surface area (Å²) in [5, 5.41) is 1.11. The number of halogens is 4. The van der Waals surface area contributed by atoms with E-state index in [4.69, 9.17) is 32.7 Å². The van der Waals surface area contributed by atoms with Gasteiger partial charge >= 0.3 is 0 Å². The Morgan fingerprint density at radius 2 is 1.95 bits per heavy atom. The number of hydrogen-bond acceptors (Lipinski definition) is 2. The molecule has 2 nitrogen and oxygen atoms in total. The monoisotopic (exact) mass is 392 g/mol. The number of ether oxygens (including phenoxy) is 2. The third-order valence-electron chi connectivity index (χ3n) is 2.85. The van der Waals surface area contributed by atoms with Crippen LogP contribution in [0.25, 0.3) is 0 Å². The quantitative estimate of drug-likeness (QED) is 0.614. The Kier molecular flexibility index (Phi) is 5.73. The summed E-state index contributed by atoms with van der Waals surface area (Å²) < 4.78 is 24.7. The number of alkyl halides is 1. The maximum atomic E-state index is 13.8. The summed E-state index contributed by atoms with van der Waals surface area (Å²) >= 11 is 15.3. The van der Waals surface area contributed by atoms with E-state index >= 15 is 0 Å². The van der Waals surface area contributed by atoms with Gasteiger partial charge in [-0.1, -0.05) is 51.3 Å². The standard InChI is InChI=1S/C15H12BrCl2FO2/c1-20-13-6-9(7-16)5-12(18)15(13)21-8-10-3-2-4-11(17)14(10)19/h2-6H,7-8H2,1H3. The van der Waals surface area contributed by atoms with Crippen LogP contribution in [-0.4, -0.2) is 7.11 Å². The van der Waals surface area contributed by atoms with Crippen molar-refractivity contribution < 1.29 is 13.9 Å². The predicted molar refractivity (Wildman–Crippen MR) is 86.4 cm³/mol. The molecule has 2 aromatic rings. The van der Waals surface area contributed by atoms with Crippen molar-refractivity contribution in [2.45, 2.75) is 11.9 Å². The summed E-state index contributed by atoms with van der Waals surface area (Å²) in [7, 11) is 1.52. The molecular formula is C15H12BrCl2FO2. The lowest BCUT2D eigenvalue weighted by Gasteiger charge is -2.14. The Balaban J connectivity index is 2.25. The molecule has 21 heavy (non-hydrogen) atoms. The first-order chi connectivity index (χ1) is 10.1. The van der Waals surface area contributed by atoms with Crippen molar-refractivity contribution in [3.05, 3.63) is 57.3 Å². The summed E-state index contributed by atoms with van der Waals surface area (Å²) in [6.45, 7) is 0.0101. The maximum Gasteiger partial charge on any atom is 0.180 e. The fourth-order valence-corrected chi connectivity index (χ4v) is 2.61. The predicted octanol–water partition coefficient (Wildman–Crippen LogP) is 5.62. The highest BCUT2D eigenvalue weighted by Crippen LogP contribution is 2.37. The molecule has 0 aliphatic heterocycles. The second-order valence-corrected chi connectivity index (χ2v) is 5.62.